The van der Waals surface area contributed by atoms with E-state index < -0.39 is 20.0 Å². The van der Waals surface area contributed by atoms with Gasteiger partial charge in [0.25, 0.3) is 0 Å². The number of rotatable bonds is 7. The maximum Gasteiger partial charge on any atom is 0.240 e. The maximum atomic E-state index is 13.8. The number of nitrogens with zero attached hydrogens (tertiary/aromatic N) is 2. The van der Waals surface area contributed by atoms with Crippen LogP contribution in [0.25, 0.3) is 0 Å². The van der Waals surface area contributed by atoms with Gasteiger partial charge in [0, 0.05) is 55.9 Å². The molecule has 1 saturated heterocycles. The molecule has 40 heavy (non-hydrogen) atoms. The number of ether oxygens (including phenoxy) is 2. The van der Waals surface area contributed by atoms with Gasteiger partial charge in [-0.1, -0.05) is 31.2 Å². The van der Waals surface area contributed by atoms with Gasteiger partial charge in [-0.05, 0) is 48.8 Å². The van der Waals surface area contributed by atoms with Gasteiger partial charge in [0.05, 0.1) is 25.3 Å². The number of carbonyl (C=O) groups is 2. The summed E-state index contributed by atoms with van der Waals surface area (Å²) in [7, 11) is -1.25. The fourth-order valence-electron chi connectivity index (χ4n) is 6.53. The van der Waals surface area contributed by atoms with Crippen molar-refractivity contribution < 1.29 is 29.0 Å². The predicted molar refractivity (Wildman–Crippen MR) is 155 cm³/mol. The zero-order valence-corrected chi connectivity index (χ0v) is 24.8. The van der Waals surface area contributed by atoms with Gasteiger partial charge in [0.1, 0.15) is 11.9 Å². The van der Waals surface area contributed by atoms with E-state index in [2.05, 4.69) is 11.4 Å². The quantitative estimate of drug-likeness (QED) is 0.441. The molecule has 3 N–H and O–H groups in total. The van der Waals surface area contributed by atoms with Gasteiger partial charge in [-0.3, -0.25) is 9.59 Å². The molecule has 3 aliphatic rings. The van der Waals surface area contributed by atoms with E-state index in [4.69, 9.17) is 9.47 Å². The van der Waals surface area contributed by atoms with Crippen molar-refractivity contribution in [3.05, 3.63) is 59.2 Å². The van der Waals surface area contributed by atoms with E-state index in [-0.39, 0.29) is 42.9 Å². The van der Waals surface area contributed by atoms with E-state index in [0.717, 1.165) is 28.9 Å². The highest BCUT2D eigenvalue weighted by molar-refractivity contribution is 6.71. The van der Waals surface area contributed by atoms with Gasteiger partial charge in [-0.25, -0.2) is 0 Å². The summed E-state index contributed by atoms with van der Waals surface area (Å²) in [5.74, 6) is 0.434. The molecular formula is C30H41N3O6Si. The molecule has 9 nitrogen and oxygen atoms in total. The second kappa shape index (κ2) is 11.6. The first kappa shape index (κ1) is 28.8. The van der Waals surface area contributed by atoms with Crippen molar-refractivity contribution in [2.45, 2.75) is 63.2 Å². The predicted octanol–water partition coefficient (Wildman–Crippen LogP) is 2.61. The molecule has 2 amide bonds. The third kappa shape index (κ3) is 5.55. The van der Waals surface area contributed by atoms with Gasteiger partial charge in [-0.15, -0.1) is 0 Å². The Morgan fingerprint density at radius 1 is 1.23 bits per heavy atom. The summed E-state index contributed by atoms with van der Waals surface area (Å²) in [5, 5.41) is 13.2. The monoisotopic (exact) mass is 567 g/mol. The molecule has 1 fully saturated rings. The molecule has 5 atom stereocenters. The van der Waals surface area contributed by atoms with Crippen molar-refractivity contribution in [1.29, 1.82) is 0 Å². The minimum absolute atomic E-state index is 0.0240. The highest BCUT2D eigenvalue weighted by atomic mass is 28.4. The number of aliphatic hydroxyl groups excluding tert-OH is 1. The number of methoxy groups -OCH3 is 1. The molecule has 0 bridgehead atoms. The first-order valence-electron chi connectivity index (χ1n) is 14.2. The number of hydrogen-bond acceptors (Lipinski definition) is 7. The average Bonchev–Trinajstić information content (AvgIpc) is 2.94. The Labute approximate surface area is 237 Å². The van der Waals surface area contributed by atoms with Crippen molar-refractivity contribution >= 4 is 25.8 Å². The van der Waals surface area contributed by atoms with Gasteiger partial charge in [-0.2, -0.15) is 0 Å². The molecule has 10 heteroatoms. The Balaban J connectivity index is 1.41. The molecule has 2 aromatic carbocycles. The van der Waals surface area contributed by atoms with E-state index in [9.17, 15) is 19.5 Å². The van der Waals surface area contributed by atoms with Crippen molar-refractivity contribution in [2.24, 2.45) is 5.92 Å². The van der Waals surface area contributed by atoms with E-state index in [1.807, 2.05) is 56.4 Å². The molecule has 3 heterocycles. The van der Waals surface area contributed by atoms with E-state index >= 15 is 0 Å². The van der Waals surface area contributed by atoms with Crippen molar-refractivity contribution in [3.8, 4) is 5.75 Å². The topological polar surface area (TPSA) is 112 Å². The normalized spacial score (nSPS) is 25.6. The zero-order valence-electron chi connectivity index (χ0n) is 23.8. The van der Waals surface area contributed by atoms with Crippen LogP contribution in [0.5, 0.6) is 5.75 Å². The Morgan fingerprint density at radius 2 is 1.98 bits per heavy atom. The lowest BCUT2D eigenvalue weighted by atomic mass is 9.86. The van der Waals surface area contributed by atoms with Crippen LogP contribution in [-0.2, 0) is 27.3 Å². The summed E-state index contributed by atoms with van der Waals surface area (Å²) in [6.45, 7) is 7.71. The number of fused-ring (bicyclic) bond motifs is 2. The molecule has 0 aliphatic carbocycles. The number of nitrogens with one attached hydrogen (secondary N) is 1. The number of hydrogen-bond donors (Lipinski definition) is 3. The maximum absolute atomic E-state index is 13.8. The Kier molecular flexibility index (Phi) is 8.35. The van der Waals surface area contributed by atoms with E-state index in [1.54, 1.807) is 16.9 Å². The molecular weight excluding hydrogens is 526 g/mol. The Bertz CT molecular complexity index is 1250. The van der Waals surface area contributed by atoms with Crippen LogP contribution in [0, 0.1) is 5.92 Å². The SMILES string of the molecule is CO[C@H]1c2cc(N3CCNCC3=O)ccc2O[C@@H](C(CC(=O)N2Cc3ccccc3C[C@H]2CO)[Si](C)(C)O)[C@@H]1C. The molecule has 5 rings (SSSR count). The van der Waals surface area contributed by atoms with Crippen molar-refractivity contribution in [3.63, 3.8) is 0 Å². The molecule has 2 aromatic rings. The third-order valence-electron chi connectivity index (χ3n) is 8.80. The second-order valence-corrected chi connectivity index (χ2v) is 15.9. The lowest BCUT2D eigenvalue weighted by Gasteiger charge is -2.45. The summed E-state index contributed by atoms with van der Waals surface area (Å²) < 4.78 is 12.6. The Morgan fingerprint density at radius 3 is 2.65 bits per heavy atom. The minimum atomic E-state index is -2.91. The minimum Gasteiger partial charge on any atom is -0.490 e. The number of aliphatic hydroxyl groups is 1. The highest BCUT2D eigenvalue weighted by Crippen LogP contribution is 2.48. The van der Waals surface area contributed by atoms with Crippen LogP contribution in [0.4, 0.5) is 5.69 Å². The molecule has 0 aromatic heterocycles. The largest absolute Gasteiger partial charge is 0.490 e. The number of amides is 2. The molecule has 0 radical (unpaired) electrons. The highest BCUT2D eigenvalue weighted by Gasteiger charge is 2.48. The third-order valence-corrected chi connectivity index (χ3v) is 11.1. The van der Waals surface area contributed by atoms with Crippen molar-refractivity contribution in [2.75, 3.05) is 38.3 Å². The molecule has 0 saturated carbocycles. The van der Waals surface area contributed by atoms with Gasteiger partial charge in [0.2, 0.25) is 11.8 Å². The van der Waals surface area contributed by atoms with Crippen LogP contribution in [-0.4, -0.2) is 80.4 Å². The lowest BCUT2D eigenvalue weighted by Crippen LogP contribution is -2.52. The first-order chi connectivity index (χ1) is 19.1. The van der Waals surface area contributed by atoms with Crippen LogP contribution in [0.15, 0.2) is 42.5 Å². The van der Waals surface area contributed by atoms with Crippen LogP contribution < -0.4 is 15.0 Å². The summed E-state index contributed by atoms with van der Waals surface area (Å²) in [5.41, 5.74) is 3.53. The fourth-order valence-corrected chi connectivity index (χ4v) is 8.38. The number of benzene rings is 2. The number of carbonyl (C=O) groups excluding carboxylic acids is 2. The summed E-state index contributed by atoms with van der Waals surface area (Å²) >= 11 is 0. The number of anilines is 1. The smallest absolute Gasteiger partial charge is 0.240 e. The van der Waals surface area contributed by atoms with Crippen LogP contribution >= 0.6 is 0 Å². The standard InChI is InChI=1S/C30H41N3O6Si/c1-19-29(38-2)24-14-22(32-12-11-31-16-28(32)36)9-10-25(24)39-30(19)26(40(3,4)37)15-27(35)33-17-21-8-6-5-7-20(21)13-23(33)18-34/h5-10,14,19,23,26,29-31,34,37H,11-13,15-18H2,1-4H3/t19-,23+,26?,29-,30-/m1/s1. The summed E-state index contributed by atoms with van der Waals surface area (Å²) in [4.78, 5) is 41.3. The molecule has 0 spiro atoms. The van der Waals surface area contributed by atoms with Crippen LogP contribution in [0.1, 0.15) is 36.1 Å². The fraction of sp³-hybridized carbons (Fsp3) is 0.533. The molecule has 216 valence electrons. The number of piperazine rings is 1. The van der Waals surface area contributed by atoms with Crippen LogP contribution in [0.2, 0.25) is 18.6 Å². The van der Waals surface area contributed by atoms with Crippen molar-refractivity contribution in [1.82, 2.24) is 10.2 Å². The summed E-state index contributed by atoms with van der Waals surface area (Å²) in [6.07, 6.45) is -0.0315. The molecule has 1 unspecified atom stereocenters. The lowest BCUT2D eigenvalue weighted by molar-refractivity contribution is -0.136. The Hall–Kier alpha value is -2.76. The van der Waals surface area contributed by atoms with Crippen LogP contribution in [0.3, 0.4) is 0 Å². The first-order valence-corrected chi connectivity index (χ1v) is 17.2. The van der Waals surface area contributed by atoms with E-state index in [1.165, 1.54) is 0 Å². The van der Waals surface area contributed by atoms with Gasteiger partial charge < -0.3 is 34.5 Å². The summed E-state index contributed by atoms with van der Waals surface area (Å²) in [6, 6.07) is 13.5. The van der Waals surface area contributed by atoms with Gasteiger partial charge >= 0.3 is 0 Å². The second-order valence-electron chi connectivity index (χ2n) is 11.8. The zero-order chi connectivity index (χ0) is 28.6. The van der Waals surface area contributed by atoms with E-state index in [0.29, 0.717) is 31.8 Å². The van der Waals surface area contributed by atoms with Gasteiger partial charge in [0.15, 0.2) is 8.32 Å². The molecule has 3 aliphatic heterocycles. The average molecular weight is 568 g/mol.